The van der Waals surface area contributed by atoms with Gasteiger partial charge in [-0.25, -0.2) is 0 Å². The van der Waals surface area contributed by atoms with Crippen LogP contribution in [0.1, 0.15) is 24.0 Å². The molecule has 2 aromatic carbocycles. The molecule has 2 N–H and O–H groups in total. The molecule has 0 aliphatic carbocycles. The number of nitrogens with one attached hydrogen (secondary N) is 2. The van der Waals surface area contributed by atoms with E-state index in [0.29, 0.717) is 18.2 Å². The fourth-order valence-corrected chi connectivity index (χ4v) is 3.50. The highest BCUT2D eigenvalue weighted by atomic mass is 16.5. The number of fused-ring (bicyclic) bond motifs is 1. The van der Waals surface area contributed by atoms with E-state index in [2.05, 4.69) is 16.3 Å². The smallest absolute Gasteiger partial charge is 0.244 e. The number of ether oxygens (including phenoxy) is 2. The molecule has 1 aliphatic rings. The summed E-state index contributed by atoms with van der Waals surface area (Å²) >= 11 is 0. The number of hydrogen-bond donors (Lipinski definition) is 2. The molecule has 0 saturated heterocycles. The summed E-state index contributed by atoms with van der Waals surface area (Å²) in [6, 6.07) is 19.6. The second kappa shape index (κ2) is 6.96. The van der Waals surface area contributed by atoms with Gasteiger partial charge >= 0.3 is 0 Å². The monoisotopic (exact) mass is 358 g/mol. The highest BCUT2D eigenvalue weighted by Crippen LogP contribution is 2.47. The first kappa shape index (κ1) is 16.9. The Bertz CT molecular complexity index is 1020. The van der Waals surface area contributed by atoms with Crippen molar-refractivity contribution in [3.63, 3.8) is 0 Å². The minimum atomic E-state index is -0.765. The van der Waals surface area contributed by atoms with Gasteiger partial charge in [0.25, 0.3) is 0 Å². The van der Waals surface area contributed by atoms with Crippen LogP contribution in [-0.4, -0.2) is 22.7 Å². The van der Waals surface area contributed by atoms with Crippen molar-refractivity contribution < 1.29 is 9.47 Å². The number of rotatable bonds is 4. The standard InChI is InChI=1S/C21H18N4O2/c1-2-26-16-11-7-6-10-14(16)17-15(12-22)20(23)27-21-18(17)19(24-25-21)13-8-4-3-5-9-13/h3-11,15,17,23H,2H2,1H3,(H,24,25). The van der Waals surface area contributed by atoms with Gasteiger partial charge in [0.1, 0.15) is 11.7 Å². The number of benzene rings is 2. The lowest BCUT2D eigenvalue weighted by molar-refractivity contribution is 0.332. The maximum absolute atomic E-state index is 9.80. The third-order valence-electron chi connectivity index (χ3n) is 4.66. The molecule has 0 radical (unpaired) electrons. The maximum Gasteiger partial charge on any atom is 0.244 e. The molecule has 0 saturated carbocycles. The molecule has 0 spiro atoms. The van der Waals surface area contributed by atoms with Crippen molar-refractivity contribution in [2.45, 2.75) is 12.8 Å². The molecule has 2 unspecified atom stereocenters. The van der Waals surface area contributed by atoms with Crippen molar-refractivity contribution in [1.29, 1.82) is 10.7 Å². The molecular formula is C21H18N4O2. The average Bonchev–Trinajstić information content (AvgIpc) is 3.12. The number of nitrogens with zero attached hydrogens (tertiary/aromatic N) is 2. The van der Waals surface area contributed by atoms with Gasteiger partial charge in [-0.1, -0.05) is 48.5 Å². The lowest BCUT2D eigenvalue weighted by atomic mass is 9.78. The van der Waals surface area contributed by atoms with E-state index in [-0.39, 0.29) is 5.90 Å². The number of hydrogen-bond acceptors (Lipinski definition) is 5. The maximum atomic E-state index is 9.80. The molecule has 0 fully saturated rings. The molecular weight excluding hydrogens is 340 g/mol. The van der Waals surface area contributed by atoms with Gasteiger partial charge in [0.05, 0.1) is 23.9 Å². The Kier molecular flexibility index (Phi) is 4.35. The van der Waals surface area contributed by atoms with Crippen LogP contribution in [0.25, 0.3) is 11.3 Å². The van der Waals surface area contributed by atoms with Gasteiger partial charge in [0, 0.05) is 11.5 Å². The fourth-order valence-electron chi connectivity index (χ4n) is 3.50. The Morgan fingerprint density at radius 2 is 1.93 bits per heavy atom. The first-order chi connectivity index (χ1) is 13.2. The second-order valence-corrected chi connectivity index (χ2v) is 6.21. The molecule has 2 heterocycles. The predicted molar refractivity (Wildman–Crippen MR) is 101 cm³/mol. The molecule has 3 aromatic rings. The van der Waals surface area contributed by atoms with Crippen molar-refractivity contribution in [3.8, 4) is 29.0 Å². The van der Waals surface area contributed by atoms with Crippen molar-refractivity contribution in [2.75, 3.05) is 6.61 Å². The van der Waals surface area contributed by atoms with E-state index in [0.717, 1.165) is 22.4 Å². The van der Waals surface area contributed by atoms with E-state index in [4.69, 9.17) is 14.9 Å². The van der Waals surface area contributed by atoms with Gasteiger partial charge in [-0.2, -0.15) is 5.26 Å². The molecule has 0 bridgehead atoms. The van der Waals surface area contributed by atoms with Crippen LogP contribution in [0.5, 0.6) is 11.6 Å². The molecule has 4 rings (SSSR count). The second-order valence-electron chi connectivity index (χ2n) is 6.21. The topological polar surface area (TPSA) is 94.8 Å². The van der Waals surface area contributed by atoms with Crippen LogP contribution < -0.4 is 9.47 Å². The quantitative estimate of drug-likeness (QED) is 0.733. The summed E-state index contributed by atoms with van der Waals surface area (Å²) in [7, 11) is 0. The molecule has 134 valence electrons. The summed E-state index contributed by atoms with van der Waals surface area (Å²) in [5.41, 5.74) is 3.35. The molecule has 0 amide bonds. The SMILES string of the molecule is CCOc1ccccc1C1c2c(n[nH]c2-c2ccccc2)OC(=N)C1C#N. The van der Waals surface area contributed by atoms with Gasteiger partial charge in [0.15, 0.2) is 0 Å². The number of nitriles is 1. The van der Waals surface area contributed by atoms with Gasteiger partial charge in [-0.05, 0) is 18.6 Å². The first-order valence-electron chi connectivity index (χ1n) is 8.76. The number of aromatic amines is 1. The van der Waals surface area contributed by atoms with Crippen LogP contribution in [0.4, 0.5) is 0 Å². The number of H-pyrrole nitrogens is 1. The van der Waals surface area contributed by atoms with Crippen LogP contribution in [-0.2, 0) is 0 Å². The van der Waals surface area contributed by atoms with E-state index in [1.165, 1.54) is 0 Å². The predicted octanol–water partition coefficient (Wildman–Crippen LogP) is 4.12. The number of para-hydroxylation sites is 1. The molecule has 2 atom stereocenters. The van der Waals surface area contributed by atoms with Crippen LogP contribution >= 0.6 is 0 Å². The van der Waals surface area contributed by atoms with Gasteiger partial charge in [-0.15, -0.1) is 5.10 Å². The molecule has 6 heteroatoms. The first-order valence-corrected chi connectivity index (χ1v) is 8.76. The zero-order chi connectivity index (χ0) is 18.8. The van der Waals surface area contributed by atoms with Crippen molar-refractivity contribution in [3.05, 3.63) is 65.7 Å². The molecule has 1 aliphatic heterocycles. The van der Waals surface area contributed by atoms with Crippen molar-refractivity contribution >= 4 is 5.90 Å². The zero-order valence-electron chi connectivity index (χ0n) is 14.8. The summed E-state index contributed by atoms with van der Waals surface area (Å²) in [5, 5.41) is 25.3. The summed E-state index contributed by atoms with van der Waals surface area (Å²) in [6.07, 6.45) is 0. The Balaban J connectivity index is 1.95. The van der Waals surface area contributed by atoms with Crippen molar-refractivity contribution in [1.82, 2.24) is 10.2 Å². The van der Waals surface area contributed by atoms with Crippen LogP contribution in [0, 0.1) is 22.7 Å². The molecule has 27 heavy (non-hydrogen) atoms. The normalized spacial score (nSPS) is 18.3. The summed E-state index contributed by atoms with van der Waals surface area (Å²) in [5.74, 6) is -0.248. The fraction of sp³-hybridized carbons (Fsp3) is 0.190. The highest BCUT2D eigenvalue weighted by molar-refractivity contribution is 5.86. The highest BCUT2D eigenvalue weighted by Gasteiger charge is 2.41. The minimum absolute atomic E-state index is 0.104. The third kappa shape index (κ3) is 2.83. The Morgan fingerprint density at radius 1 is 1.19 bits per heavy atom. The van der Waals surface area contributed by atoms with Crippen LogP contribution in [0.15, 0.2) is 54.6 Å². The van der Waals surface area contributed by atoms with Crippen LogP contribution in [0.3, 0.4) is 0 Å². The van der Waals surface area contributed by atoms with Gasteiger partial charge in [0.2, 0.25) is 11.8 Å². The van der Waals surface area contributed by atoms with E-state index < -0.39 is 11.8 Å². The zero-order valence-corrected chi connectivity index (χ0v) is 14.8. The summed E-state index contributed by atoms with van der Waals surface area (Å²) in [4.78, 5) is 0. The van der Waals surface area contributed by atoms with Gasteiger partial charge in [-0.3, -0.25) is 10.5 Å². The van der Waals surface area contributed by atoms with E-state index in [1.807, 2.05) is 61.5 Å². The molecule has 6 nitrogen and oxygen atoms in total. The summed E-state index contributed by atoms with van der Waals surface area (Å²) in [6.45, 7) is 2.43. The lowest BCUT2D eigenvalue weighted by Gasteiger charge is -2.29. The van der Waals surface area contributed by atoms with Gasteiger partial charge < -0.3 is 9.47 Å². The average molecular weight is 358 g/mol. The van der Waals surface area contributed by atoms with E-state index >= 15 is 0 Å². The Labute approximate surface area is 156 Å². The Hall–Kier alpha value is -3.59. The lowest BCUT2D eigenvalue weighted by Crippen LogP contribution is -2.31. The molecule has 1 aromatic heterocycles. The Morgan fingerprint density at radius 3 is 2.67 bits per heavy atom. The summed E-state index contributed by atoms with van der Waals surface area (Å²) < 4.78 is 11.4. The largest absolute Gasteiger partial charge is 0.494 e. The minimum Gasteiger partial charge on any atom is -0.494 e. The van der Waals surface area contributed by atoms with Crippen LogP contribution in [0.2, 0.25) is 0 Å². The van der Waals surface area contributed by atoms with E-state index in [1.54, 1.807) is 0 Å². The van der Waals surface area contributed by atoms with E-state index in [9.17, 15) is 5.26 Å². The third-order valence-corrected chi connectivity index (χ3v) is 4.66. The number of aromatic nitrogens is 2. The van der Waals surface area contributed by atoms with Crippen molar-refractivity contribution in [2.24, 2.45) is 5.92 Å².